The molecule has 1 atom stereocenters. The summed E-state index contributed by atoms with van der Waals surface area (Å²) in [6.07, 6.45) is 2.08. The van der Waals surface area contributed by atoms with E-state index < -0.39 is 0 Å². The van der Waals surface area contributed by atoms with Gasteiger partial charge in [-0.05, 0) is 37.3 Å². The molecule has 80 valence electrons. The first-order chi connectivity index (χ1) is 5.98. The molecule has 2 N–H and O–H groups in total. The van der Waals surface area contributed by atoms with Crippen LogP contribution < -0.4 is 5.32 Å². The lowest BCUT2D eigenvalue weighted by Crippen LogP contribution is -2.24. The highest BCUT2D eigenvalue weighted by Gasteiger charge is 2.18. The van der Waals surface area contributed by atoms with Crippen LogP contribution in [0.3, 0.4) is 0 Å². The summed E-state index contributed by atoms with van der Waals surface area (Å²) in [6.45, 7) is 11.4. The van der Waals surface area contributed by atoms with Crippen LogP contribution in [0.25, 0.3) is 0 Å². The van der Waals surface area contributed by atoms with Crippen LogP contribution in [0.2, 0.25) is 0 Å². The molecule has 0 aliphatic heterocycles. The second-order valence-electron chi connectivity index (χ2n) is 4.88. The highest BCUT2D eigenvalue weighted by Crippen LogP contribution is 2.27. The van der Waals surface area contributed by atoms with E-state index in [2.05, 4.69) is 33.0 Å². The Morgan fingerprint density at radius 3 is 2.31 bits per heavy atom. The Labute approximate surface area is 82.7 Å². The van der Waals surface area contributed by atoms with Crippen molar-refractivity contribution in [3.05, 3.63) is 0 Å². The molecule has 0 radical (unpaired) electrons. The van der Waals surface area contributed by atoms with Crippen molar-refractivity contribution in [2.45, 2.75) is 40.5 Å². The summed E-state index contributed by atoms with van der Waals surface area (Å²) in [7, 11) is 0. The minimum absolute atomic E-state index is 0.293. The van der Waals surface area contributed by atoms with Gasteiger partial charge in [-0.25, -0.2) is 0 Å². The fourth-order valence-corrected chi connectivity index (χ4v) is 1.08. The molecule has 0 aromatic heterocycles. The van der Waals surface area contributed by atoms with Crippen molar-refractivity contribution in [2.75, 3.05) is 19.7 Å². The summed E-state index contributed by atoms with van der Waals surface area (Å²) >= 11 is 0. The van der Waals surface area contributed by atoms with Gasteiger partial charge in [0.15, 0.2) is 0 Å². The molecule has 0 bridgehead atoms. The number of nitrogens with one attached hydrogen (secondary N) is 1. The van der Waals surface area contributed by atoms with Crippen LogP contribution in [-0.4, -0.2) is 24.8 Å². The van der Waals surface area contributed by atoms with Gasteiger partial charge in [0.1, 0.15) is 0 Å². The standard InChI is InChI=1S/C11H25NO/c1-10(11(2,3)4)6-8-12-7-5-9-13/h10,12-13H,5-9H2,1-4H3. The Kier molecular flexibility index (Phi) is 6.35. The Morgan fingerprint density at radius 1 is 1.23 bits per heavy atom. The molecule has 0 saturated heterocycles. The third-order valence-electron chi connectivity index (χ3n) is 2.74. The molecule has 0 aliphatic carbocycles. The van der Waals surface area contributed by atoms with E-state index in [-0.39, 0.29) is 0 Å². The third-order valence-corrected chi connectivity index (χ3v) is 2.74. The monoisotopic (exact) mass is 187 g/mol. The summed E-state index contributed by atoms with van der Waals surface area (Å²) in [5, 5.41) is 11.9. The van der Waals surface area contributed by atoms with Gasteiger partial charge in [0.25, 0.3) is 0 Å². The minimum atomic E-state index is 0.293. The van der Waals surface area contributed by atoms with Crippen LogP contribution in [0.5, 0.6) is 0 Å². The zero-order valence-corrected chi connectivity index (χ0v) is 9.56. The van der Waals surface area contributed by atoms with E-state index in [9.17, 15) is 0 Å². The molecule has 13 heavy (non-hydrogen) atoms. The van der Waals surface area contributed by atoms with Gasteiger partial charge in [0.2, 0.25) is 0 Å². The molecule has 2 heteroatoms. The lowest BCUT2D eigenvalue weighted by Gasteiger charge is -2.27. The van der Waals surface area contributed by atoms with Gasteiger partial charge >= 0.3 is 0 Å². The molecule has 0 aliphatic rings. The molecular formula is C11H25NO. The molecule has 2 nitrogen and oxygen atoms in total. The first kappa shape index (κ1) is 12.9. The lowest BCUT2D eigenvalue weighted by molar-refractivity contribution is 0.242. The summed E-state index contributed by atoms with van der Waals surface area (Å²) in [5.41, 5.74) is 0.415. The van der Waals surface area contributed by atoms with Crippen LogP contribution in [0.1, 0.15) is 40.5 Å². The van der Waals surface area contributed by atoms with Crippen LogP contribution in [-0.2, 0) is 0 Å². The number of hydrogen-bond acceptors (Lipinski definition) is 2. The second kappa shape index (κ2) is 6.39. The number of hydrogen-bond donors (Lipinski definition) is 2. The maximum atomic E-state index is 8.56. The van der Waals surface area contributed by atoms with Gasteiger partial charge in [0, 0.05) is 6.61 Å². The van der Waals surface area contributed by atoms with Crippen LogP contribution >= 0.6 is 0 Å². The summed E-state index contributed by atoms with van der Waals surface area (Å²) < 4.78 is 0. The maximum absolute atomic E-state index is 8.56. The Bertz CT molecular complexity index is 118. The Balaban J connectivity index is 3.32. The first-order valence-corrected chi connectivity index (χ1v) is 5.30. The zero-order chi connectivity index (χ0) is 10.3. The Hall–Kier alpha value is -0.0800. The summed E-state index contributed by atoms with van der Waals surface area (Å²) in [5.74, 6) is 0.745. The topological polar surface area (TPSA) is 32.3 Å². The van der Waals surface area contributed by atoms with E-state index in [1.54, 1.807) is 0 Å². The average molecular weight is 187 g/mol. The van der Waals surface area contributed by atoms with Crippen molar-refractivity contribution in [1.29, 1.82) is 0 Å². The molecule has 0 aromatic carbocycles. The molecule has 0 saturated carbocycles. The summed E-state index contributed by atoms with van der Waals surface area (Å²) in [4.78, 5) is 0. The highest BCUT2D eigenvalue weighted by molar-refractivity contribution is 4.70. The van der Waals surface area contributed by atoms with Crippen molar-refractivity contribution in [3.63, 3.8) is 0 Å². The van der Waals surface area contributed by atoms with Crippen molar-refractivity contribution >= 4 is 0 Å². The predicted molar refractivity (Wildman–Crippen MR) is 57.8 cm³/mol. The smallest absolute Gasteiger partial charge is 0.0443 e. The van der Waals surface area contributed by atoms with Gasteiger partial charge in [-0.3, -0.25) is 0 Å². The molecule has 0 spiro atoms. The molecule has 0 heterocycles. The van der Waals surface area contributed by atoms with E-state index in [1.807, 2.05) is 0 Å². The molecule has 0 fully saturated rings. The van der Waals surface area contributed by atoms with Crippen LogP contribution in [0.15, 0.2) is 0 Å². The van der Waals surface area contributed by atoms with Crippen LogP contribution in [0, 0.1) is 11.3 Å². The van der Waals surface area contributed by atoms with Crippen molar-refractivity contribution < 1.29 is 5.11 Å². The van der Waals surface area contributed by atoms with Gasteiger partial charge in [-0.2, -0.15) is 0 Å². The van der Waals surface area contributed by atoms with Gasteiger partial charge in [-0.1, -0.05) is 27.7 Å². The first-order valence-electron chi connectivity index (χ1n) is 5.30. The Morgan fingerprint density at radius 2 is 1.85 bits per heavy atom. The normalized spacial score (nSPS) is 14.5. The van der Waals surface area contributed by atoms with E-state index in [4.69, 9.17) is 5.11 Å². The fraction of sp³-hybridized carbons (Fsp3) is 1.00. The van der Waals surface area contributed by atoms with Crippen molar-refractivity contribution in [1.82, 2.24) is 5.32 Å². The van der Waals surface area contributed by atoms with Crippen molar-refractivity contribution in [2.24, 2.45) is 11.3 Å². The van der Waals surface area contributed by atoms with Crippen molar-refractivity contribution in [3.8, 4) is 0 Å². The fourth-order valence-electron chi connectivity index (χ4n) is 1.08. The van der Waals surface area contributed by atoms with E-state index in [1.165, 1.54) is 6.42 Å². The number of aliphatic hydroxyl groups excluding tert-OH is 1. The van der Waals surface area contributed by atoms with Gasteiger partial charge in [-0.15, -0.1) is 0 Å². The quantitative estimate of drug-likeness (QED) is 0.624. The average Bonchev–Trinajstić information content (AvgIpc) is 2.02. The third kappa shape index (κ3) is 7.03. The molecule has 0 rings (SSSR count). The number of aliphatic hydroxyl groups is 1. The SMILES string of the molecule is CC(CCNCCCO)C(C)(C)C. The zero-order valence-electron chi connectivity index (χ0n) is 9.56. The predicted octanol–water partition coefficient (Wildman–Crippen LogP) is 2.03. The molecule has 1 unspecified atom stereocenters. The van der Waals surface area contributed by atoms with Gasteiger partial charge in [0.05, 0.1) is 0 Å². The highest BCUT2D eigenvalue weighted by atomic mass is 16.3. The lowest BCUT2D eigenvalue weighted by atomic mass is 9.80. The molecule has 0 amide bonds. The van der Waals surface area contributed by atoms with Crippen LogP contribution in [0.4, 0.5) is 0 Å². The van der Waals surface area contributed by atoms with E-state index in [0.29, 0.717) is 12.0 Å². The molecular weight excluding hydrogens is 162 g/mol. The van der Waals surface area contributed by atoms with E-state index in [0.717, 1.165) is 25.4 Å². The largest absolute Gasteiger partial charge is 0.396 e. The maximum Gasteiger partial charge on any atom is 0.0443 e. The number of rotatable bonds is 6. The molecule has 0 aromatic rings. The van der Waals surface area contributed by atoms with Gasteiger partial charge < -0.3 is 10.4 Å². The summed E-state index contributed by atoms with van der Waals surface area (Å²) in [6, 6.07) is 0. The van der Waals surface area contributed by atoms with E-state index >= 15 is 0 Å². The second-order valence-corrected chi connectivity index (χ2v) is 4.88. The minimum Gasteiger partial charge on any atom is -0.396 e.